The predicted octanol–water partition coefficient (Wildman–Crippen LogP) is 3.03. The summed E-state index contributed by atoms with van der Waals surface area (Å²) in [6.07, 6.45) is 0.606. The molecule has 0 aromatic heterocycles. The van der Waals surface area contributed by atoms with Gasteiger partial charge in [-0.1, -0.05) is 24.3 Å². The van der Waals surface area contributed by atoms with Gasteiger partial charge in [0.15, 0.2) is 0 Å². The summed E-state index contributed by atoms with van der Waals surface area (Å²) in [4.78, 5) is 12.4. The highest BCUT2D eigenvalue weighted by atomic mass is 32.2. The summed E-state index contributed by atoms with van der Waals surface area (Å²) in [6.45, 7) is 4.00. The quantitative estimate of drug-likeness (QED) is 0.853. The van der Waals surface area contributed by atoms with Crippen LogP contribution in [0.15, 0.2) is 53.4 Å². The molecule has 5 nitrogen and oxygen atoms in total. The molecule has 0 saturated carbocycles. The summed E-state index contributed by atoms with van der Waals surface area (Å²) < 4.78 is 41.0. The third-order valence-electron chi connectivity index (χ3n) is 4.61. The topological polar surface area (TPSA) is 66.5 Å². The highest BCUT2D eigenvalue weighted by molar-refractivity contribution is 7.89. The third kappa shape index (κ3) is 4.20. The van der Waals surface area contributed by atoms with Crippen molar-refractivity contribution in [3.63, 3.8) is 0 Å². The van der Waals surface area contributed by atoms with Crippen molar-refractivity contribution >= 4 is 15.9 Å². The van der Waals surface area contributed by atoms with Crippen molar-refractivity contribution in [1.29, 1.82) is 0 Å². The molecule has 0 fully saturated rings. The SMILES string of the molecule is CC(C)NC(=O)C[C@H]1c2ccccc2CCN1S(=O)(=O)c1ccc(F)cc1. The molecule has 1 atom stereocenters. The third-order valence-corrected chi connectivity index (χ3v) is 6.53. The van der Waals surface area contributed by atoms with Gasteiger partial charge in [0.25, 0.3) is 0 Å². The Kier molecular flexibility index (Phi) is 5.62. The Morgan fingerprint density at radius 1 is 1.19 bits per heavy atom. The number of benzene rings is 2. The molecule has 0 radical (unpaired) electrons. The number of hydrogen-bond acceptors (Lipinski definition) is 3. The lowest BCUT2D eigenvalue weighted by Gasteiger charge is -2.36. The summed E-state index contributed by atoms with van der Waals surface area (Å²) in [7, 11) is -3.86. The standard InChI is InChI=1S/C20H23FN2O3S/c1-14(2)22-20(24)13-19-18-6-4-3-5-15(18)11-12-23(19)27(25,26)17-9-7-16(21)8-10-17/h3-10,14,19H,11-13H2,1-2H3,(H,22,24)/t19-/m0/s1. The van der Waals surface area contributed by atoms with Gasteiger partial charge in [-0.3, -0.25) is 4.79 Å². The van der Waals surface area contributed by atoms with Crippen LogP contribution in [0.5, 0.6) is 0 Å². The molecule has 7 heteroatoms. The first-order valence-electron chi connectivity index (χ1n) is 8.93. The Morgan fingerprint density at radius 3 is 2.52 bits per heavy atom. The molecule has 2 aromatic carbocycles. The first kappa shape index (κ1) is 19.5. The number of fused-ring (bicyclic) bond motifs is 1. The van der Waals surface area contributed by atoms with Crippen molar-refractivity contribution in [1.82, 2.24) is 9.62 Å². The minimum absolute atomic E-state index is 0.0255. The van der Waals surface area contributed by atoms with Crippen LogP contribution in [0.2, 0.25) is 0 Å². The summed E-state index contributed by atoms with van der Waals surface area (Å²) in [5.41, 5.74) is 1.89. The molecule has 0 bridgehead atoms. The molecule has 0 aliphatic carbocycles. The number of nitrogens with zero attached hydrogens (tertiary/aromatic N) is 1. The average Bonchev–Trinajstić information content (AvgIpc) is 2.61. The normalized spacial score (nSPS) is 17.6. The van der Waals surface area contributed by atoms with Crippen LogP contribution in [0.1, 0.15) is 37.4 Å². The Hall–Kier alpha value is -2.25. The zero-order chi connectivity index (χ0) is 19.6. The van der Waals surface area contributed by atoms with E-state index in [9.17, 15) is 17.6 Å². The molecule has 0 spiro atoms. The van der Waals surface area contributed by atoms with Crippen LogP contribution in [0, 0.1) is 5.82 Å². The van der Waals surface area contributed by atoms with Crippen LogP contribution in [-0.2, 0) is 21.2 Å². The lowest BCUT2D eigenvalue weighted by molar-refractivity contribution is -0.122. The largest absolute Gasteiger partial charge is 0.354 e. The number of carbonyl (C=O) groups is 1. The van der Waals surface area contributed by atoms with Gasteiger partial charge in [0, 0.05) is 19.0 Å². The molecule has 144 valence electrons. The summed E-state index contributed by atoms with van der Waals surface area (Å²) in [6, 6.07) is 11.7. The number of amides is 1. The second kappa shape index (κ2) is 7.78. The monoisotopic (exact) mass is 390 g/mol. The van der Waals surface area contributed by atoms with E-state index in [0.29, 0.717) is 6.42 Å². The van der Waals surface area contributed by atoms with Gasteiger partial charge in [-0.25, -0.2) is 12.8 Å². The van der Waals surface area contributed by atoms with Crippen molar-refractivity contribution in [3.05, 3.63) is 65.5 Å². The number of carbonyl (C=O) groups excluding carboxylic acids is 1. The summed E-state index contributed by atoms with van der Waals surface area (Å²) >= 11 is 0. The Balaban J connectivity index is 1.99. The average molecular weight is 390 g/mol. The second-order valence-electron chi connectivity index (χ2n) is 6.96. The molecule has 2 aromatic rings. The van der Waals surface area contributed by atoms with Crippen molar-refractivity contribution in [3.8, 4) is 0 Å². The number of rotatable bonds is 5. The number of nitrogens with one attached hydrogen (secondary N) is 1. The fraction of sp³-hybridized carbons (Fsp3) is 0.350. The van der Waals surface area contributed by atoms with E-state index in [-0.39, 0.29) is 29.8 Å². The van der Waals surface area contributed by atoms with E-state index in [2.05, 4.69) is 5.32 Å². The van der Waals surface area contributed by atoms with Crippen LogP contribution >= 0.6 is 0 Å². The van der Waals surface area contributed by atoms with E-state index in [0.717, 1.165) is 23.3 Å². The number of hydrogen-bond donors (Lipinski definition) is 1. The second-order valence-corrected chi connectivity index (χ2v) is 8.85. The van der Waals surface area contributed by atoms with Gasteiger partial charge in [-0.2, -0.15) is 4.31 Å². The van der Waals surface area contributed by atoms with Crippen LogP contribution in [0.3, 0.4) is 0 Å². The Bertz CT molecular complexity index is 926. The smallest absolute Gasteiger partial charge is 0.243 e. The van der Waals surface area contributed by atoms with Gasteiger partial charge in [0.2, 0.25) is 15.9 Å². The van der Waals surface area contributed by atoms with Crippen LogP contribution in [0.25, 0.3) is 0 Å². The van der Waals surface area contributed by atoms with E-state index >= 15 is 0 Å². The fourth-order valence-corrected chi connectivity index (χ4v) is 5.03. The molecule has 3 rings (SSSR count). The van der Waals surface area contributed by atoms with E-state index in [1.54, 1.807) is 0 Å². The van der Waals surface area contributed by atoms with Crippen molar-refractivity contribution < 1.29 is 17.6 Å². The van der Waals surface area contributed by atoms with E-state index < -0.39 is 21.9 Å². The molecule has 0 unspecified atom stereocenters. The first-order valence-corrected chi connectivity index (χ1v) is 10.4. The lowest BCUT2D eigenvalue weighted by Crippen LogP contribution is -2.43. The minimum atomic E-state index is -3.86. The molecule has 1 aliphatic heterocycles. The van der Waals surface area contributed by atoms with Gasteiger partial charge in [0.1, 0.15) is 5.82 Å². The zero-order valence-corrected chi connectivity index (χ0v) is 16.2. The summed E-state index contributed by atoms with van der Waals surface area (Å²) in [5.74, 6) is -0.697. The van der Waals surface area contributed by atoms with Gasteiger partial charge < -0.3 is 5.32 Å². The van der Waals surface area contributed by atoms with Crippen LogP contribution in [-0.4, -0.2) is 31.2 Å². The van der Waals surface area contributed by atoms with Gasteiger partial charge in [-0.05, 0) is 55.7 Å². The molecule has 1 aliphatic rings. The molecule has 1 N–H and O–H groups in total. The molecule has 1 amide bonds. The minimum Gasteiger partial charge on any atom is -0.354 e. The maximum absolute atomic E-state index is 13.2. The number of sulfonamides is 1. The Labute approximate surface area is 159 Å². The van der Waals surface area contributed by atoms with Crippen LogP contribution in [0.4, 0.5) is 4.39 Å². The lowest BCUT2D eigenvalue weighted by atomic mass is 9.92. The van der Waals surface area contributed by atoms with E-state index in [1.165, 1.54) is 16.4 Å². The Morgan fingerprint density at radius 2 is 1.85 bits per heavy atom. The molecule has 27 heavy (non-hydrogen) atoms. The van der Waals surface area contributed by atoms with Gasteiger partial charge in [-0.15, -0.1) is 0 Å². The van der Waals surface area contributed by atoms with Gasteiger partial charge >= 0.3 is 0 Å². The molecular weight excluding hydrogens is 367 g/mol. The molecular formula is C20H23FN2O3S. The van der Waals surface area contributed by atoms with Crippen molar-refractivity contribution in [2.75, 3.05) is 6.54 Å². The van der Waals surface area contributed by atoms with E-state index in [4.69, 9.17) is 0 Å². The maximum Gasteiger partial charge on any atom is 0.243 e. The number of halogens is 1. The van der Waals surface area contributed by atoms with Crippen molar-refractivity contribution in [2.24, 2.45) is 0 Å². The first-order chi connectivity index (χ1) is 12.8. The van der Waals surface area contributed by atoms with Crippen molar-refractivity contribution in [2.45, 2.75) is 43.7 Å². The zero-order valence-electron chi connectivity index (χ0n) is 15.4. The fourth-order valence-electron chi connectivity index (χ4n) is 3.43. The van der Waals surface area contributed by atoms with Crippen LogP contribution < -0.4 is 5.32 Å². The summed E-state index contributed by atoms with van der Waals surface area (Å²) in [5, 5.41) is 2.83. The maximum atomic E-state index is 13.2. The van der Waals surface area contributed by atoms with Gasteiger partial charge in [0.05, 0.1) is 10.9 Å². The highest BCUT2D eigenvalue weighted by Gasteiger charge is 2.37. The predicted molar refractivity (Wildman–Crippen MR) is 101 cm³/mol. The molecule has 0 saturated heterocycles. The highest BCUT2D eigenvalue weighted by Crippen LogP contribution is 2.36. The van der Waals surface area contributed by atoms with E-state index in [1.807, 2.05) is 38.1 Å². The molecule has 1 heterocycles.